The van der Waals surface area contributed by atoms with Crippen molar-refractivity contribution in [3.05, 3.63) is 95.7 Å². The molecule has 3 aliphatic rings. The van der Waals surface area contributed by atoms with Gasteiger partial charge in [-0.15, -0.1) is 0 Å². The molecule has 1 spiro atoms. The van der Waals surface area contributed by atoms with E-state index < -0.39 is 23.4 Å². The molecule has 0 aliphatic carbocycles. The lowest BCUT2D eigenvalue weighted by Crippen LogP contribution is -2.53. The molecule has 3 amide bonds. The van der Waals surface area contributed by atoms with Crippen molar-refractivity contribution in [2.45, 2.75) is 24.5 Å². The first-order valence-electron chi connectivity index (χ1n) is 12.7. The molecular weight excluding hydrogens is 480 g/mol. The number of nitrogens with one attached hydrogen (secondary N) is 3. The van der Waals surface area contributed by atoms with Gasteiger partial charge in [-0.2, -0.15) is 0 Å². The first kappa shape index (κ1) is 22.7. The van der Waals surface area contributed by atoms with Crippen molar-refractivity contribution in [2.75, 3.05) is 12.4 Å². The Morgan fingerprint density at radius 3 is 2.53 bits per heavy atom. The van der Waals surface area contributed by atoms with Crippen LogP contribution in [-0.2, 0) is 32.9 Å². The fourth-order valence-corrected chi connectivity index (χ4v) is 6.69. The third kappa shape index (κ3) is 3.04. The summed E-state index contributed by atoms with van der Waals surface area (Å²) < 4.78 is 5.48. The van der Waals surface area contributed by atoms with Crippen LogP contribution in [0.15, 0.2) is 79.0 Å². The van der Waals surface area contributed by atoms with Crippen molar-refractivity contribution in [2.24, 2.45) is 11.8 Å². The predicted molar refractivity (Wildman–Crippen MR) is 141 cm³/mol. The van der Waals surface area contributed by atoms with E-state index in [1.54, 1.807) is 7.11 Å². The molecule has 8 nitrogen and oxygen atoms in total. The van der Waals surface area contributed by atoms with Crippen molar-refractivity contribution in [1.29, 1.82) is 0 Å². The highest BCUT2D eigenvalue weighted by molar-refractivity contribution is 6.15. The topological polar surface area (TPSA) is 104 Å². The summed E-state index contributed by atoms with van der Waals surface area (Å²) in [5.41, 5.74) is 2.83. The van der Waals surface area contributed by atoms with Gasteiger partial charge in [0.05, 0.1) is 25.5 Å². The van der Waals surface area contributed by atoms with Crippen LogP contribution >= 0.6 is 0 Å². The Morgan fingerprint density at radius 1 is 0.895 bits per heavy atom. The molecule has 4 heterocycles. The first-order valence-corrected chi connectivity index (χ1v) is 12.7. The molecule has 3 aliphatic heterocycles. The number of benzene rings is 3. The fraction of sp³-hybridized carbons (Fsp3) is 0.233. The van der Waals surface area contributed by atoms with Gasteiger partial charge in [-0.3, -0.25) is 24.6 Å². The van der Waals surface area contributed by atoms with Gasteiger partial charge in [-0.1, -0.05) is 54.6 Å². The Kier molecular flexibility index (Phi) is 4.96. The SMILES string of the molecule is COc1ccccc1CN1C(=O)C2C(Cc3c[nH]c4ccccc34)NC3(C(=O)Nc4ccccc43)C2C1=O. The zero-order valence-electron chi connectivity index (χ0n) is 20.7. The number of carbonyl (C=O) groups is 3. The number of amides is 3. The second-order valence-electron chi connectivity index (χ2n) is 10.2. The number of aromatic nitrogens is 1. The van der Waals surface area contributed by atoms with E-state index in [4.69, 9.17) is 4.74 Å². The Balaban J connectivity index is 1.33. The largest absolute Gasteiger partial charge is 0.496 e. The number of hydrogen-bond acceptors (Lipinski definition) is 5. The summed E-state index contributed by atoms with van der Waals surface area (Å²) in [5, 5.41) is 7.55. The van der Waals surface area contributed by atoms with Crippen LogP contribution in [-0.4, -0.2) is 40.8 Å². The van der Waals surface area contributed by atoms with Crippen LogP contribution in [0.2, 0.25) is 0 Å². The smallest absolute Gasteiger partial charge is 0.250 e. The number of rotatable bonds is 5. The van der Waals surface area contributed by atoms with E-state index in [-0.39, 0.29) is 24.3 Å². The van der Waals surface area contributed by atoms with Crippen LogP contribution in [0.4, 0.5) is 5.69 Å². The number of fused-ring (bicyclic) bond motifs is 5. The molecule has 4 unspecified atom stereocenters. The third-order valence-electron chi connectivity index (χ3n) is 8.35. The molecule has 0 bridgehead atoms. The van der Waals surface area contributed by atoms with Gasteiger partial charge in [0.25, 0.3) is 0 Å². The molecule has 4 aromatic rings. The summed E-state index contributed by atoms with van der Waals surface area (Å²) in [5.74, 6) is -1.84. The minimum atomic E-state index is -1.32. The van der Waals surface area contributed by atoms with E-state index >= 15 is 0 Å². The first-order chi connectivity index (χ1) is 18.5. The maximum Gasteiger partial charge on any atom is 0.250 e. The van der Waals surface area contributed by atoms with Crippen LogP contribution < -0.4 is 15.4 Å². The molecule has 0 radical (unpaired) electrons. The van der Waals surface area contributed by atoms with Crippen molar-refractivity contribution in [1.82, 2.24) is 15.2 Å². The maximum atomic E-state index is 14.1. The monoisotopic (exact) mass is 506 g/mol. The standard InChI is InChI=1S/C30H26N4O4/c1-38-24-13-7-2-8-17(24)16-34-27(35)25-23(14-18-15-31-21-11-5-3-9-19(18)21)33-30(26(25)28(34)36)20-10-4-6-12-22(20)32-29(30)37/h2-13,15,23,25-26,31,33H,14,16H2,1H3,(H,32,37). The molecule has 38 heavy (non-hydrogen) atoms. The molecular formula is C30H26N4O4. The van der Waals surface area contributed by atoms with Gasteiger partial charge >= 0.3 is 0 Å². The lowest BCUT2D eigenvalue weighted by Gasteiger charge is -2.29. The minimum Gasteiger partial charge on any atom is -0.496 e. The number of aromatic amines is 1. The zero-order valence-corrected chi connectivity index (χ0v) is 20.7. The van der Waals surface area contributed by atoms with Crippen LogP contribution in [0, 0.1) is 11.8 Å². The highest BCUT2D eigenvalue weighted by atomic mass is 16.5. The summed E-state index contributed by atoms with van der Waals surface area (Å²) in [7, 11) is 1.57. The third-order valence-corrected chi connectivity index (χ3v) is 8.35. The molecule has 2 saturated heterocycles. The number of carbonyl (C=O) groups excluding carboxylic acids is 3. The Labute approximate surface area is 219 Å². The Bertz CT molecular complexity index is 1630. The summed E-state index contributed by atoms with van der Waals surface area (Å²) in [4.78, 5) is 46.5. The van der Waals surface area contributed by atoms with Gasteiger partial charge in [0.15, 0.2) is 0 Å². The summed E-state index contributed by atoms with van der Waals surface area (Å²) in [6, 6.07) is 22.3. The van der Waals surface area contributed by atoms with Gasteiger partial charge < -0.3 is 15.0 Å². The maximum absolute atomic E-state index is 14.1. The van der Waals surface area contributed by atoms with E-state index in [2.05, 4.69) is 15.6 Å². The number of ether oxygens (including phenoxy) is 1. The van der Waals surface area contributed by atoms with E-state index in [9.17, 15) is 14.4 Å². The summed E-state index contributed by atoms with van der Waals surface area (Å²) >= 11 is 0. The fourth-order valence-electron chi connectivity index (χ4n) is 6.69. The van der Waals surface area contributed by atoms with E-state index in [0.29, 0.717) is 23.4 Å². The number of nitrogens with zero attached hydrogens (tertiary/aromatic N) is 1. The van der Waals surface area contributed by atoms with E-state index in [0.717, 1.165) is 22.0 Å². The average molecular weight is 507 g/mol. The second kappa shape index (κ2) is 8.29. The molecule has 8 heteroatoms. The average Bonchev–Trinajstić information content (AvgIpc) is 3.65. The van der Waals surface area contributed by atoms with Crippen molar-refractivity contribution >= 4 is 34.3 Å². The number of anilines is 1. The van der Waals surface area contributed by atoms with Gasteiger partial charge in [0.2, 0.25) is 17.7 Å². The Hall–Kier alpha value is -4.43. The normalized spacial score (nSPS) is 25.8. The number of imide groups is 1. The summed E-state index contributed by atoms with van der Waals surface area (Å²) in [6.07, 6.45) is 2.44. The van der Waals surface area contributed by atoms with Crippen LogP contribution in [0.3, 0.4) is 0 Å². The lowest BCUT2D eigenvalue weighted by atomic mass is 9.76. The predicted octanol–water partition coefficient (Wildman–Crippen LogP) is 3.34. The molecule has 3 aromatic carbocycles. The van der Waals surface area contributed by atoms with Gasteiger partial charge in [-0.25, -0.2) is 0 Å². The zero-order chi connectivity index (χ0) is 26.0. The van der Waals surface area contributed by atoms with Crippen molar-refractivity contribution in [3.63, 3.8) is 0 Å². The van der Waals surface area contributed by atoms with E-state index in [1.807, 2.05) is 79.0 Å². The summed E-state index contributed by atoms with van der Waals surface area (Å²) in [6.45, 7) is 0.0911. The highest BCUT2D eigenvalue weighted by Gasteiger charge is 2.70. The minimum absolute atomic E-state index is 0.0911. The van der Waals surface area contributed by atoms with Crippen LogP contribution in [0.5, 0.6) is 5.75 Å². The Morgan fingerprint density at radius 2 is 1.66 bits per heavy atom. The highest BCUT2D eigenvalue weighted by Crippen LogP contribution is 2.53. The quantitative estimate of drug-likeness (QED) is 0.360. The van der Waals surface area contributed by atoms with Gasteiger partial charge in [-0.05, 0) is 30.2 Å². The van der Waals surface area contributed by atoms with Crippen molar-refractivity contribution < 1.29 is 19.1 Å². The van der Waals surface area contributed by atoms with Gasteiger partial charge in [0.1, 0.15) is 11.3 Å². The number of hydrogen-bond donors (Lipinski definition) is 3. The van der Waals surface area contributed by atoms with Crippen LogP contribution in [0.1, 0.15) is 16.7 Å². The second-order valence-corrected chi connectivity index (χ2v) is 10.2. The molecule has 2 fully saturated rings. The molecule has 0 saturated carbocycles. The molecule has 1 aromatic heterocycles. The van der Waals surface area contributed by atoms with Crippen molar-refractivity contribution in [3.8, 4) is 5.75 Å². The molecule has 7 rings (SSSR count). The van der Waals surface area contributed by atoms with E-state index in [1.165, 1.54) is 4.90 Å². The molecule has 4 atom stereocenters. The number of methoxy groups -OCH3 is 1. The molecule has 190 valence electrons. The lowest BCUT2D eigenvalue weighted by molar-refractivity contribution is -0.143. The van der Waals surface area contributed by atoms with Crippen LogP contribution in [0.25, 0.3) is 10.9 Å². The number of likely N-dealkylation sites (tertiary alicyclic amines) is 1. The van der Waals surface area contributed by atoms with Gasteiger partial charge in [0, 0.05) is 40.0 Å². The molecule has 3 N–H and O–H groups in total. The number of para-hydroxylation sites is 3. The number of H-pyrrole nitrogens is 1.